The SMILES string of the molecule is Cc1cc2c(c3ccccc13)-c1ccc(/C=C(/Cc3ccc4ccccc4c3)c3cccc4sc5ccccc5c34)cc1C2(C)C. The van der Waals surface area contributed by atoms with Crippen molar-refractivity contribution in [1.82, 2.24) is 0 Å². The fraction of sp³-hybridized carbons (Fsp3) is 0.111. The molecule has 0 amide bonds. The molecule has 7 aromatic carbocycles. The van der Waals surface area contributed by atoms with E-state index >= 15 is 0 Å². The van der Waals surface area contributed by atoms with Crippen LogP contribution in [0.4, 0.5) is 0 Å². The van der Waals surface area contributed by atoms with Crippen molar-refractivity contribution in [3.05, 3.63) is 167 Å². The summed E-state index contributed by atoms with van der Waals surface area (Å²) in [5.41, 5.74) is 12.2. The summed E-state index contributed by atoms with van der Waals surface area (Å²) in [6.07, 6.45) is 3.32. The molecule has 0 bridgehead atoms. The van der Waals surface area contributed by atoms with Crippen molar-refractivity contribution < 1.29 is 0 Å². The van der Waals surface area contributed by atoms with E-state index in [0.717, 1.165) is 6.42 Å². The smallest absolute Gasteiger partial charge is 0.0361 e. The van der Waals surface area contributed by atoms with E-state index in [1.807, 2.05) is 11.3 Å². The monoisotopic (exact) mass is 606 g/mol. The molecule has 46 heavy (non-hydrogen) atoms. The van der Waals surface area contributed by atoms with Crippen molar-refractivity contribution in [2.75, 3.05) is 0 Å². The summed E-state index contributed by atoms with van der Waals surface area (Å²) in [5, 5.41) is 7.99. The second-order valence-electron chi connectivity index (χ2n) is 13.4. The summed E-state index contributed by atoms with van der Waals surface area (Å²) in [6, 6.07) is 49.8. The van der Waals surface area contributed by atoms with Crippen LogP contribution in [-0.2, 0) is 11.8 Å². The topological polar surface area (TPSA) is 0 Å². The molecule has 0 saturated carbocycles. The molecule has 0 N–H and O–H groups in total. The zero-order chi connectivity index (χ0) is 31.0. The third kappa shape index (κ3) is 4.19. The van der Waals surface area contributed by atoms with Crippen molar-refractivity contribution in [2.45, 2.75) is 32.6 Å². The Labute approximate surface area is 274 Å². The van der Waals surface area contributed by atoms with E-state index in [4.69, 9.17) is 0 Å². The van der Waals surface area contributed by atoms with Crippen molar-refractivity contribution in [2.24, 2.45) is 0 Å². The lowest BCUT2D eigenvalue weighted by Gasteiger charge is -2.23. The van der Waals surface area contributed by atoms with Crippen molar-refractivity contribution in [1.29, 1.82) is 0 Å². The van der Waals surface area contributed by atoms with Gasteiger partial charge in [-0.2, -0.15) is 0 Å². The van der Waals surface area contributed by atoms with Gasteiger partial charge in [0.2, 0.25) is 0 Å². The van der Waals surface area contributed by atoms with Gasteiger partial charge in [0.05, 0.1) is 0 Å². The normalized spacial score (nSPS) is 13.9. The molecule has 1 heteroatoms. The number of aryl methyl sites for hydroxylation is 1. The third-order valence-corrected chi connectivity index (χ3v) is 11.3. The summed E-state index contributed by atoms with van der Waals surface area (Å²) in [6.45, 7) is 7.05. The number of benzene rings is 7. The lowest BCUT2D eigenvalue weighted by atomic mass is 9.80. The summed E-state index contributed by atoms with van der Waals surface area (Å²) in [4.78, 5) is 0. The number of hydrogen-bond acceptors (Lipinski definition) is 1. The highest BCUT2D eigenvalue weighted by atomic mass is 32.1. The Morgan fingerprint density at radius 2 is 1.37 bits per heavy atom. The first kappa shape index (κ1) is 27.3. The Balaban J connectivity index is 1.25. The van der Waals surface area contributed by atoms with E-state index < -0.39 is 0 Å². The Morgan fingerprint density at radius 1 is 0.630 bits per heavy atom. The predicted octanol–water partition coefficient (Wildman–Crippen LogP) is 12.8. The van der Waals surface area contributed by atoms with Crippen molar-refractivity contribution in [3.63, 3.8) is 0 Å². The minimum atomic E-state index is -0.0780. The van der Waals surface area contributed by atoms with Crippen molar-refractivity contribution in [3.8, 4) is 11.1 Å². The van der Waals surface area contributed by atoms with Gasteiger partial charge in [-0.25, -0.2) is 0 Å². The van der Waals surface area contributed by atoms with Gasteiger partial charge < -0.3 is 0 Å². The molecule has 1 heterocycles. The molecule has 220 valence electrons. The second kappa shape index (κ2) is 10.3. The molecule has 0 radical (unpaired) electrons. The van der Waals surface area contributed by atoms with E-state index in [1.165, 1.54) is 91.8 Å². The van der Waals surface area contributed by atoms with Crippen LogP contribution in [0.2, 0.25) is 0 Å². The number of allylic oxidation sites excluding steroid dienone is 1. The number of thiophene rings is 1. The second-order valence-corrected chi connectivity index (χ2v) is 14.5. The molecule has 8 aromatic rings. The van der Waals surface area contributed by atoms with Gasteiger partial charge in [0, 0.05) is 25.6 Å². The number of fused-ring (bicyclic) bond motifs is 9. The van der Waals surface area contributed by atoms with Crippen LogP contribution < -0.4 is 0 Å². The van der Waals surface area contributed by atoms with E-state index in [2.05, 4.69) is 160 Å². The van der Waals surface area contributed by atoms with Crippen LogP contribution in [0.25, 0.3) is 64.5 Å². The van der Waals surface area contributed by atoms with Crippen LogP contribution in [0, 0.1) is 6.92 Å². The summed E-state index contributed by atoms with van der Waals surface area (Å²) in [7, 11) is 0. The predicted molar refractivity (Wildman–Crippen MR) is 201 cm³/mol. The van der Waals surface area contributed by atoms with Crippen LogP contribution in [0.15, 0.2) is 133 Å². The first-order chi connectivity index (χ1) is 22.5. The maximum absolute atomic E-state index is 2.46. The third-order valence-electron chi connectivity index (χ3n) is 10.2. The molecule has 1 aromatic heterocycles. The van der Waals surface area contributed by atoms with E-state index in [9.17, 15) is 0 Å². The van der Waals surface area contributed by atoms with Gasteiger partial charge in [-0.3, -0.25) is 0 Å². The quantitative estimate of drug-likeness (QED) is 0.175. The van der Waals surface area contributed by atoms with Gasteiger partial charge in [0.15, 0.2) is 0 Å². The maximum atomic E-state index is 2.46. The van der Waals surface area contributed by atoms with Gasteiger partial charge >= 0.3 is 0 Å². The van der Waals surface area contributed by atoms with E-state index in [-0.39, 0.29) is 5.41 Å². The molecular formula is C45H34S. The first-order valence-electron chi connectivity index (χ1n) is 16.2. The summed E-state index contributed by atoms with van der Waals surface area (Å²) in [5.74, 6) is 0. The van der Waals surface area contributed by atoms with Gasteiger partial charge in [0.1, 0.15) is 0 Å². The average Bonchev–Trinajstić information content (AvgIpc) is 3.57. The maximum Gasteiger partial charge on any atom is 0.0361 e. The molecule has 1 aliphatic carbocycles. The lowest BCUT2D eigenvalue weighted by molar-refractivity contribution is 0.660. The fourth-order valence-corrected chi connectivity index (χ4v) is 9.04. The highest BCUT2D eigenvalue weighted by Crippen LogP contribution is 2.52. The number of rotatable bonds is 4. The van der Waals surface area contributed by atoms with Crippen LogP contribution in [-0.4, -0.2) is 0 Å². The Hall–Kier alpha value is -4.98. The van der Waals surface area contributed by atoms with E-state index in [1.54, 1.807) is 0 Å². The molecule has 0 unspecified atom stereocenters. The molecule has 0 atom stereocenters. The highest BCUT2D eigenvalue weighted by molar-refractivity contribution is 7.25. The molecular weight excluding hydrogens is 573 g/mol. The van der Waals surface area contributed by atoms with Gasteiger partial charge in [-0.05, 0) is 97.1 Å². The first-order valence-corrected chi connectivity index (χ1v) is 17.0. The van der Waals surface area contributed by atoms with Crippen LogP contribution in [0.5, 0.6) is 0 Å². The molecule has 0 saturated heterocycles. The van der Waals surface area contributed by atoms with Crippen LogP contribution >= 0.6 is 11.3 Å². The standard InChI is InChI=1S/C45H34S/c1-28-23-40-43(36-14-7-6-13-34(28)36)37-22-20-30(27-39(37)45(40,2)3)26-33(25-29-19-21-31-11-4-5-12-32(31)24-29)35-16-10-18-42-44(35)38-15-8-9-17-41(38)46-42/h4-24,26-27H,25H2,1-3H3/b33-26-. The molecule has 9 rings (SSSR count). The minimum Gasteiger partial charge on any atom is -0.135 e. The van der Waals surface area contributed by atoms with Crippen LogP contribution in [0.1, 0.15) is 47.2 Å². The Morgan fingerprint density at radius 3 is 2.24 bits per heavy atom. The number of hydrogen-bond donors (Lipinski definition) is 0. The summed E-state index contributed by atoms with van der Waals surface area (Å²) < 4.78 is 2.69. The zero-order valence-electron chi connectivity index (χ0n) is 26.4. The Kier molecular flexibility index (Phi) is 6.11. The van der Waals surface area contributed by atoms with Crippen molar-refractivity contribution >= 4 is 64.7 Å². The fourth-order valence-electron chi connectivity index (χ4n) is 7.91. The zero-order valence-corrected chi connectivity index (χ0v) is 27.2. The highest BCUT2D eigenvalue weighted by Gasteiger charge is 2.37. The molecule has 0 fully saturated rings. The molecule has 0 aliphatic heterocycles. The lowest BCUT2D eigenvalue weighted by Crippen LogP contribution is -2.15. The molecule has 1 aliphatic rings. The van der Waals surface area contributed by atoms with Gasteiger partial charge in [0.25, 0.3) is 0 Å². The molecule has 0 spiro atoms. The van der Waals surface area contributed by atoms with Crippen LogP contribution in [0.3, 0.4) is 0 Å². The minimum absolute atomic E-state index is 0.0780. The molecule has 0 nitrogen and oxygen atoms in total. The van der Waals surface area contributed by atoms with Gasteiger partial charge in [-0.1, -0.05) is 141 Å². The Bertz CT molecular complexity index is 2540. The largest absolute Gasteiger partial charge is 0.135 e. The van der Waals surface area contributed by atoms with Gasteiger partial charge in [-0.15, -0.1) is 11.3 Å². The average molecular weight is 607 g/mol. The van der Waals surface area contributed by atoms with E-state index in [0.29, 0.717) is 0 Å². The summed E-state index contributed by atoms with van der Waals surface area (Å²) >= 11 is 1.89.